The molecule has 1 fully saturated rings. The highest BCUT2D eigenvalue weighted by Gasteiger charge is 2.25. The number of ether oxygens (including phenoxy) is 2. The van der Waals surface area contributed by atoms with E-state index < -0.39 is 24.1 Å². The van der Waals surface area contributed by atoms with Gasteiger partial charge in [0.05, 0.1) is 26.2 Å². The number of nitrogens with zero attached hydrogens (tertiary/aromatic N) is 1. The first-order chi connectivity index (χ1) is 8.52. The summed E-state index contributed by atoms with van der Waals surface area (Å²) in [6, 6.07) is -0.431. The molecule has 2 N–H and O–H groups in total. The summed E-state index contributed by atoms with van der Waals surface area (Å²) in [5.41, 5.74) is 0. The van der Waals surface area contributed by atoms with Crippen molar-refractivity contribution in [1.29, 1.82) is 0 Å². The van der Waals surface area contributed by atoms with Crippen molar-refractivity contribution >= 4 is 18.0 Å². The molecule has 0 aromatic rings. The van der Waals surface area contributed by atoms with Crippen LogP contribution in [0.4, 0.5) is 4.79 Å². The van der Waals surface area contributed by atoms with Gasteiger partial charge in [0.2, 0.25) is 0 Å². The maximum Gasteiger partial charge on any atom is 0.325 e. The summed E-state index contributed by atoms with van der Waals surface area (Å²) in [5, 5.41) is 11.0. The molecular formula is C10H16N2O6. The van der Waals surface area contributed by atoms with Crippen LogP contribution in [0.1, 0.15) is 6.42 Å². The summed E-state index contributed by atoms with van der Waals surface area (Å²) >= 11 is 0. The molecule has 102 valence electrons. The Hall–Kier alpha value is -1.83. The first-order valence-corrected chi connectivity index (χ1v) is 5.46. The van der Waals surface area contributed by atoms with E-state index >= 15 is 0 Å². The second kappa shape index (κ2) is 6.80. The van der Waals surface area contributed by atoms with Crippen molar-refractivity contribution in [3.05, 3.63) is 0 Å². The van der Waals surface area contributed by atoms with E-state index in [9.17, 15) is 14.4 Å². The fourth-order valence-electron chi connectivity index (χ4n) is 1.55. The van der Waals surface area contributed by atoms with Gasteiger partial charge in [-0.05, 0) is 0 Å². The Morgan fingerprint density at radius 2 is 2.22 bits per heavy atom. The molecule has 1 heterocycles. The number of aliphatic carboxylic acids is 1. The number of hydrogen-bond acceptors (Lipinski definition) is 5. The van der Waals surface area contributed by atoms with Crippen LogP contribution in [-0.2, 0) is 19.1 Å². The van der Waals surface area contributed by atoms with Gasteiger partial charge >= 0.3 is 18.0 Å². The number of carbonyl (C=O) groups is 3. The summed E-state index contributed by atoms with van der Waals surface area (Å²) in [6.45, 7) is 0.627. The van der Waals surface area contributed by atoms with E-state index in [0.29, 0.717) is 6.54 Å². The molecule has 1 unspecified atom stereocenters. The van der Waals surface area contributed by atoms with E-state index in [4.69, 9.17) is 9.84 Å². The molecule has 0 aromatic heterocycles. The van der Waals surface area contributed by atoms with Crippen molar-refractivity contribution in [3.8, 4) is 0 Å². The number of carboxylic acid groups (broad SMARTS) is 1. The van der Waals surface area contributed by atoms with Crippen LogP contribution >= 0.6 is 0 Å². The molecule has 8 nitrogen and oxygen atoms in total. The Morgan fingerprint density at radius 1 is 1.50 bits per heavy atom. The average molecular weight is 260 g/mol. The summed E-state index contributed by atoms with van der Waals surface area (Å²) < 4.78 is 9.61. The first kappa shape index (κ1) is 14.2. The first-order valence-electron chi connectivity index (χ1n) is 5.46. The second-order valence-corrected chi connectivity index (χ2v) is 3.77. The molecule has 0 bridgehead atoms. The Bertz CT molecular complexity index is 332. The maximum atomic E-state index is 11.7. The van der Waals surface area contributed by atoms with Crippen molar-refractivity contribution in [1.82, 2.24) is 10.2 Å². The SMILES string of the molecule is COC(=O)CNC(=O)N1CCOC(CC(=O)O)C1. The zero-order valence-corrected chi connectivity index (χ0v) is 10.0. The fourth-order valence-corrected chi connectivity index (χ4v) is 1.55. The maximum absolute atomic E-state index is 11.7. The quantitative estimate of drug-likeness (QED) is 0.631. The lowest BCUT2D eigenvalue weighted by Crippen LogP contribution is -2.50. The van der Waals surface area contributed by atoms with Crippen LogP contribution in [0.3, 0.4) is 0 Å². The van der Waals surface area contributed by atoms with E-state index in [-0.39, 0.29) is 26.1 Å². The highest BCUT2D eigenvalue weighted by molar-refractivity contribution is 5.80. The Morgan fingerprint density at radius 3 is 2.83 bits per heavy atom. The Labute approximate surface area is 104 Å². The van der Waals surface area contributed by atoms with Crippen molar-refractivity contribution in [3.63, 3.8) is 0 Å². The number of esters is 1. The molecule has 0 radical (unpaired) electrons. The number of carboxylic acids is 1. The highest BCUT2D eigenvalue weighted by atomic mass is 16.5. The zero-order chi connectivity index (χ0) is 13.5. The highest BCUT2D eigenvalue weighted by Crippen LogP contribution is 2.08. The number of morpholine rings is 1. The monoisotopic (exact) mass is 260 g/mol. The van der Waals surface area contributed by atoms with Gasteiger partial charge in [0.1, 0.15) is 6.54 Å². The molecule has 0 aromatic carbocycles. The smallest absolute Gasteiger partial charge is 0.325 e. The summed E-state index contributed by atoms with van der Waals surface area (Å²) in [4.78, 5) is 34.5. The van der Waals surface area contributed by atoms with Crippen LogP contribution in [0.15, 0.2) is 0 Å². The van der Waals surface area contributed by atoms with Gasteiger partial charge in [0.15, 0.2) is 0 Å². The third kappa shape index (κ3) is 4.58. The van der Waals surface area contributed by atoms with Crippen LogP contribution in [0.2, 0.25) is 0 Å². The van der Waals surface area contributed by atoms with Gasteiger partial charge in [-0.15, -0.1) is 0 Å². The minimum atomic E-state index is -0.975. The molecule has 0 spiro atoms. The minimum absolute atomic E-state index is 0.152. The normalized spacial score (nSPS) is 19.2. The molecule has 0 saturated carbocycles. The van der Waals surface area contributed by atoms with E-state index in [0.717, 1.165) is 0 Å². The van der Waals surface area contributed by atoms with Crippen molar-refractivity contribution in [2.45, 2.75) is 12.5 Å². The lowest BCUT2D eigenvalue weighted by Gasteiger charge is -2.32. The second-order valence-electron chi connectivity index (χ2n) is 3.77. The Kier molecular flexibility index (Phi) is 5.37. The van der Waals surface area contributed by atoms with Gasteiger partial charge in [-0.1, -0.05) is 0 Å². The van der Waals surface area contributed by atoms with Gasteiger partial charge in [-0.2, -0.15) is 0 Å². The van der Waals surface area contributed by atoms with Crippen LogP contribution in [-0.4, -0.2) is 67.4 Å². The predicted octanol–water partition coefficient (Wildman–Crippen LogP) is -0.955. The minimum Gasteiger partial charge on any atom is -0.481 e. The molecule has 1 aliphatic rings. The number of nitrogens with one attached hydrogen (secondary N) is 1. The van der Waals surface area contributed by atoms with E-state index in [1.165, 1.54) is 12.0 Å². The molecule has 18 heavy (non-hydrogen) atoms. The largest absolute Gasteiger partial charge is 0.481 e. The van der Waals surface area contributed by atoms with Crippen LogP contribution in [0, 0.1) is 0 Å². The third-order valence-corrected chi connectivity index (χ3v) is 2.44. The van der Waals surface area contributed by atoms with Crippen LogP contribution in [0.25, 0.3) is 0 Å². The van der Waals surface area contributed by atoms with E-state index in [2.05, 4.69) is 10.1 Å². The number of urea groups is 1. The number of amides is 2. The van der Waals surface area contributed by atoms with Gasteiger partial charge in [0.25, 0.3) is 0 Å². The van der Waals surface area contributed by atoms with Gasteiger partial charge in [-0.3, -0.25) is 9.59 Å². The Balaban J connectivity index is 2.38. The van der Waals surface area contributed by atoms with Crippen molar-refractivity contribution in [2.24, 2.45) is 0 Å². The zero-order valence-electron chi connectivity index (χ0n) is 10.0. The number of hydrogen-bond donors (Lipinski definition) is 2. The molecule has 1 rings (SSSR count). The van der Waals surface area contributed by atoms with Crippen LogP contribution in [0.5, 0.6) is 0 Å². The van der Waals surface area contributed by atoms with Crippen molar-refractivity contribution < 1.29 is 29.0 Å². The van der Waals surface area contributed by atoms with Crippen molar-refractivity contribution in [2.75, 3.05) is 33.4 Å². The summed E-state index contributed by atoms with van der Waals surface area (Å²) in [7, 11) is 1.23. The summed E-state index contributed by atoms with van der Waals surface area (Å²) in [5.74, 6) is -1.52. The average Bonchev–Trinajstić information content (AvgIpc) is 2.35. The standard InChI is InChI=1S/C10H16N2O6/c1-17-9(15)5-11-10(16)12-2-3-18-7(6-12)4-8(13)14/h7H,2-6H2,1H3,(H,11,16)(H,13,14). The molecule has 1 aliphatic heterocycles. The van der Waals surface area contributed by atoms with Gasteiger partial charge < -0.3 is 24.8 Å². The number of rotatable bonds is 4. The van der Waals surface area contributed by atoms with Gasteiger partial charge in [-0.25, -0.2) is 4.79 Å². The molecule has 1 saturated heterocycles. The lowest BCUT2D eigenvalue weighted by molar-refractivity contribution is -0.141. The topological polar surface area (TPSA) is 105 Å². The molecule has 1 atom stereocenters. The molecule has 0 aliphatic carbocycles. The number of methoxy groups -OCH3 is 1. The predicted molar refractivity (Wildman–Crippen MR) is 59.0 cm³/mol. The van der Waals surface area contributed by atoms with Gasteiger partial charge in [0, 0.05) is 13.1 Å². The van der Waals surface area contributed by atoms with E-state index in [1.807, 2.05) is 0 Å². The fraction of sp³-hybridized carbons (Fsp3) is 0.700. The van der Waals surface area contributed by atoms with E-state index in [1.54, 1.807) is 0 Å². The third-order valence-electron chi connectivity index (χ3n) is 2.44. The lowest BCUT2D eigenvalue weighted by atomic mass is 10.2. The molecular weight excluding hydrogens is 244 g/mol. The van der Waals surface area contributed by atoms with Crippen LogP contribution < -0.4 is 5.32 Å². The molecule has 2 amide bonds. The summed E-state index contributed by atoms with van der Waals surface area (Å²) in [6.07, 6.45) is -0.666. The number of carbonyl (C=O) groups excluding carboxylic acids is 2. The molecule has 8 heteroatoms.